The van der Waals surface area contributed by atoms with Crippen molar-refractivity contribution in [3.05, 3.63) is 29.8 Å². The first-order valence-corrected chi connectivity index (χ1v) is 6.21. The highest BCUT2D eigenvalue weighted by Crippen LogP contribution is 2.36. The number of hydrogen-bond acceptors (Lipinski definition) is 2. The molecule has 1 unspecified atom stereocenters. The molecule has 1 heterocycles. The second kappa shape index (κ2) is 4.71. The van der Waals surface area contributed by atoms with E-state index in [-0.39, 0.29) is 11.2 Å². The Labute approximate surface area is 94.4 Å². The predicted octanol–water partition coefficient (Wildman–Crippen LogP) is 2.23. The summed E-state index contributed by atoms with van der Waals surface area (Å²) in [5, 5.41) is 3.03. The molecule has 2 rings (SSSR count). The molecule has 2 nitrogen and oxygen atoms in total. The van der Waals surface area contributed by atoms with Gasteiger partial charge in [-0.2, -0.15) is 0 Å². The van der Waals surface area contributed by atoms with Gasteiger partial charge in [0.1, 0.15) is 0 Å². The normalized spacial score (nSPS) is 18.6. The van der Waals surface area contributed by atoms with E-state index in [2.05, 4.69) is 24.4 Å². The number of carbonyl (C=O) groups is 1. The van der Waals surface area contributed by atoms with Gasteiger partial charge in [-0.1, -0.05) is 25.1 Å². The van der Waals surface area contributed by atoms with Gasteiger partial charge in [0.15, 0.2) is 0 Å². The maximum atomic E-state index is 11.7. The van der Waals surface area contributed by atoms with Crippen LogP contribution in [0.4, 0.5) is 0 Å². The van der Waals surface area contributed by atoms with Gasteiger partial charge in [-0.05, 0) is 24.5 Å². The first-order chi connectivity index (χ1) is 7.31. The van der Waals surface area contributed by atoms with Crippen molar-refractivity contribution in [1.82, 2.24) is 5.32 Å². The number of carbonyl (C=O) groups excluding carboxylic acids is 1. The second-order valence-electron chi connectivity index (χ2n) is 3.71. The highest BCUT2D eigenvalue weighted by molar-refractivity contribution is 8.01. The van der Waals surface area contributed by atoms with Crippen LogP contribution in [-0.2, 0) is 11.2 Å². The van der Waals surface area contributed by atoms with E-state index in [4.69, 9.17) is 0 Å². The molecule has 0 aromatic heterocycles. The molecule has 0 fully saturated rings. The molecule has 0 bridgehead atoms. The van der Waals surface area contributed by atoms with E-state index >= 15 is 0 Å². The first kappa shape index (κ1) is 10.6. The van der Waals surface area contributed by atoms with Crippen molar-refractivity contribution in [2.45, 2.75) is 29.9 Å². The molecule has 80 valence electrons. The number of benzene rings is 1. The summed E-state index contributed by atoms with van der Waals surface area (Å²) >= 11 is 1.68. The van der Waals surface area contributed by atoms with E-state index in [0.717, 1.165) is 19.4 Å². The average Bonchev–Trinajstić information content (AvgIpc) is 2.69. The van der Waals surface area contributed by atoms with Crippen molar-refractivity contribution in [1.29, 1.82) is 0 Å². The van der Waals surface area contributed by atoms with Crippen LogP contribution >= 0.6 is 11.8 Å². The van der Waals surface area contributed by atoms with Gasteiger partial charge < -0.3 is 5.32 Å². The van der Waals surface area contributed by atoms with Gasteiger partial charge in [0.2, 0.25) is 5.91 Å². The van der Waals surface area contributed by atoms with Crippen LogP contribution < -0.4 is 5.32 Å². The summed E-state index contributed by atoms with van der Waals surface area (Å²) in [6.45, 7) is 2.85. The molecule has 1 aliphatic rings. The van der Waals surface area contributed by atoms with Crippen LogP contribution in [0, 0.1) is 0 Å². The zero-order chi connectivity index (χ0) is 10.7. The molecule has 1 amide bonds. The topological polar surface area (TPSA) is 29.1 Å². The van der Waals surface area contributed by atoms with Crippen LogP contribution in [0.3, 0.4) is 0 Å². The minimum atomic E-state index is 0.0777. The Morgan fingerprint density at radius 3 is 3.07 bits per heavy atom. The van der Waals surface area contributed by atoms with Crippen molar-refractivity contribution in [2.75, 3.05) is 6.54 Å². The minimum Gasteiger partial charge on any atom is -0.355 e. The number of rotatable bonds is 3. The molecule has 1 aromatic rings. The van der Waals surface area contributed by atoms with Gasteiger partial charge in [0.05, 0.1) is 5.25 Å². The first-order valence-electron chi connectivity index (χ1n) is 5.33. The highest BCUT2D eigenvalue weighted by atomic mass is 32.2. The Hall–Kier alpha value is -0.960. The van der Waals surface area contributed by atoms with E-state index in [1.165, 1.54) is 10.5 Å². The van der Waals surface area contributed by atoms with Gasteiger partial charge in [0, 0.05) is 11.4 Å². The summed E-state index contributed by atoms with van der Waals surface area (Å²) in [5.74, 6) is 0.179. The second-order valence-corrected chi connectivity index (χ2v) is 4.95. The lowest BCUT2D eigenvalue weighted by molar-refractivity contribution is -0.120. The van der Waals surface area contributed by atoms with E-state index < -0.39 is 0 Å². The molecule has 0 radical (unpaired) electrons. The zero-order valence-corrected chi connectivity index (χ0v) is 9.64. The van der Waals surface area contributed by atoms with Gasteiger partial charge in [-0.15, -0.1) is 11.8 Å². The molecule has 1 atom stereocenters. The smallest absolute Gasteiger partial charge is 0.233 e. The monoisotopic (exact) mass is 221 g/mol. The van der Waals surface area contributed by atoms with Gasteiger partial charge in [-0.25, -0.2) is 0 Å². The van der Waals surface area contributed by atoms with Crippen LogP contribution in [-0.4, -0.2) is 17.7 Å². The summed E-state index contributed by atoms with van der Waals surface area (Å²) in [6, 6.07) is 8.26. The third-order valence-electron chi connectivity index (χ3n) is 2.49. The molecule has 1 aromatic carbocycles. The molecule has 0 aliphatic carbocycles. The third kappa shape index (κ3) is 2.34. The fourth-order valence-corrected chi connectivity index (χ4v) is 2.91. The standard InChI is InChI=1S/C12H15NOS/c1-2-7-13-12(14)11-8-9-5-3-4-6-10(9)15-11/h3-6,11H,2,7-8H2,1H3,(H,13,14). The van der Waals surface area contributed by atoms with Crippen LogP contribution in [0.25, 0.3) is 0 Å². The lowest BCUT2D eigenvalue weighted by Crippen LogP contribution is -2.32. The summed E-state index contributed by atoms with van der Waals surface area (Å²) < 4.78 is 0. The molecule has 0 saturated heterocycles. The summed E-state index contributed by atoms with van der Waals surface area (Å²) in [7, 11) is 0. The quantitative estimate of drug-likeness (QED) is 0.848. The maximum absolute atomic E-state index is 11.7. The molecule has 0 spiro atoms. The molecule has 1 aliphatic heterocycles. The Morgan fingerprint density at radius 2 is 2.33 bits per heavy atom. The minimum absolute atomic E-state index is 0.0777. The van der Waals surface area contributed by atoms with Crippen LogP contribution in [0.2, 0.25) is 0 Å². The lowest BCUT2D eigenvalue weighted by Gasteiger charge is -2.08. The van der Waals surface area contributed by atoms with E-state index in [9.17, 15) is 4.79 Å². The van der Waals surface area contributed by atoms with Crippen LogP contribution in [0.1, 0.15) is 18.9 Å². The zero-order valence-electron chi connectivity index (χ0n) is 8.82. The molecular formula is C12H15NOS. The van der Waals surface area contributed by atoms with Crippen LogP contribution in [0.5, 0.6) is 0 Å². The van der Waals surface area contributed by atoms with Crippen molar-refractivity contribution in [2.24, 2.45) is 0 Å². The van der Waals surface area contributed by atoms with Gasteiger partial charge in [0.25, 0.3) is 0 Å². The Balaban J connectivity index is 1.98. The Morgan fingerprint density at radius 1 is 1.53 bits per heavy atom. The van der Waals surface area contributed by atoms with Crippen molar-refractivity contribution in [3.63, 3.8) is 0 Å². The molecule has 1 N–H and O–H groups in total. The SMILES string of the molecule is CCCNC(=O)C1Cc2ccccc2S1. The number of hydrogen-bond donors (Lipinski definition) is 1. The van der Waals surface area contributed by atoms with E-state index in [0.29, 0.717) is 0 Å². The fourth-order valence-electron chi connectivity index (χ4n) is 1.69. The van der Waals surface area contributed by atoms with Crippen molar-refractivity contribution in [3.8, 4) is 0 Å². The Bertz CT molecular complexity index is 339. The van der Waals surface area contributed by atoms with Crippen LogP contribution in [0.15, 0.2) is 29.2 Å². The van der Waals surface area contributed by atoms with E-state index in [1.54, 1.807) is 11.8 Å². The highest BCUT2D eigenvalue weighted by Gasteiger charge is 2.27. The largest absolute Gasteiger partial charge is 0.355 e. The number of amides is 1. The van der Waals surface area contributed by atoms with Crippen molar-refractivity contribution >= 4 is 17.7 Å². The molecule has 0 saturated carbocycles. The predicted molar refractivity (Wildman–Crippen MR) is 63.1 cm³/mol. The van der Waals surface area contributed by atoms with E-state index in [1.807, 2.05) is 12.1 Å². The number of nitrogens with one attached hydrogen (secondary N) is 1. The number of thioether (sulfide) groups is 1. The fraction of sp³-hybridized carbons (Fsp3) is 0.417. The lowest BCUT2D eigenvalue weighted by atomic mass is 10.1. The van der Waals surface area contributed by atoms with Crippen molar-refractivity contribution < 1.29 is 4.79 Å². The Kier molecular flexibility index (Phi) is 3.31. The summed E-state index contributed by atoms with van der Waals surface area (Å²) in [5.41, 5.74) is 1.30. The van der Waals surface area contributed by atoms with Gasteiger partial charge >= 0.3 is 0 Å². The molecule has 15 heavy (non-hydrogen) atoms. The molecule has 3 heteroatoms. The van der Waals surface area contributed by atoms with Gasteiger partial charge in [-0.3, -0.25) is 4.79 Å². The third-order valence-corrected chi connectivity index (χ3v) is 3.81. The molecular weight excluding hydrogens is 206 g/mol. The average molecular weight is 221 g/mol. The summed E-state index contributed by atoms with van der Waals surface area (Å²) in [4.78, 5) is 13.0. The number of fused-ring (bicyclic) bond motifs is 1. The summed E-state index contributed by atoms with van der Waals surface area (Å²) in [6.07, 6.45) is 1.87. The maximum Gasteiger partial charge on any atom is 0.233 e.